The molecule has 2 N–H and O–H groups in total. The number of anilines is 1. The third-order valence-corrected chi connectivity index (χ3v) is 5.73. The number of nitriles is 1. The summed E-state index contributed by atoms with van der Waals surface area (Å²) in [6.45, 7) is 3.67. The topological polar surface area (TPSA) is 124 Å². The SMILES string of the molecule is CC[C@H](Sc1nc(-c2ccccc2)c(C#N)c(=O)[nH]1)C(=O)Nc1nnc(C)s1. The molecule has 0 aliphatic heterocycles. The highest BCUT2D eigenvalue weighted by Crippen LogP contribution is 2.26. The van der Waals surface area contributed by atoms with Crippen LogP contribution in [0.2, 0.25) is 0 Å². The second kappa shape index (κ2) is 8.77. The molecule has 1 amide bonds. The number of hydrogen-bond acceptors (Lipinski definition) is 8. The minimum atomic E-state index is -0.533. The van der Waals surface area contributed by atoms with Crippen molar-refractivity contribution in [2.45, 2.75) is 30.7 Å². The maximum atomic E-state index is 12.6. The van der Waals surface area contributed by atoms with Crippen molar-refractivity contribution in [2.75, 3.05) is 5.32 Å². The molecule has 0 bridgehead atoms. The highest BCUT2D eigenvalue weighted by Gasteiger charge is 2.22. The van der Waals surface area contributed by atoms with Gasteiger partial charge in [-0.2, -0.15) is 5.26 Å². The fourth-order valence-electron chi connectivity index (χ4n) is 2.41. The Labute approximate surface area is 169 Å². The number of nitrogens with one attached hydrogen (secondary N) is 2. The average Bonchev–Trinajstić information content (AvgIpc) is 3.10. The number of aromatic nitrogens is 4. The summed E-state index contributed by atoms with van der Waals surface area (Å²) in [6, 6.07) is 10.9. The number of rotatable bonds is 6. The van der Waals surface area contributed by atoms with Gasteiger partial charge in [-0.25, -0.2) is 4.98 Å². The summed E-state index contributed by atoms with van der Waals surface area (Å²) in [7, 11) is 0. The Morgan fingerprint density at radius 3 is 2.71 bits per heavy atom. The second-order valence-corrected chi connectivity index (χ2v) is 8.08. The molecule has 8 nitrogen and oxygen atoms in total. The minimum absolute atomic E-state index is 0.0580. The predicted octanol–water partition coefficient (Wildman–Crippen LogP) is 2.98. The van der Waals surface area contributed by atoms with E-state index in [2.05, 4.69) is 25.5 Å². The van der Waals surface area contributed by atoms with Gasteiger partial charge in [-0.05, 0) is 13.3 Å². The van der Waals surface area contributed by atoms with Crippen LogP contribution >= 0.6 is 23.1 Å². The van der Waals surface area contributed by atoms with Crippen LogP contribution in [0.1, 0.15) is 23.9 Å². The second-order valence-electron chi connectivity index (χ2n) is 5.70. The Morgan fingerprint density at radius 1 is 1.36 bits per heavy atom. The summed E-state index contributed by atoms with van der Waals surface area (Å²) in [4.78, 5) is 31.9. The number of carbonyl (C=O) groups excluding carboxylic acids is 1. The van der Waals surface area contributed by atoms with E-state index in [0.29, 0.717) is 22.8 Å². The van der Waals surface area contributed by atoms with Crippen molar-refractivity contribution >= 4 is 34.1 Å². The van der Waals surface area contributed by atoms with Crippen LogP contribution in [0.25, 0.3) is 11.3 Å². The molecule has 0 saturated heterocycles. The number of carbonyl (C=O) groups is 1. The molecule has 0 radical (unpaired) electrons. The lowest BCUT2D eigenvalue weighted by Crippen LogP contribution is -2.25. The number of aromatic amines is 1. The molecule has 1 aromatic carbocycles. The van der Waals surface area contributed by atoms with Crippen LogP contribution in [-0.2, 0) is 4.79 Å². The van der Waals surface area contributed by atoms with Crippen LogP contribution in [-0.4, -0.2) is 31.3 Å². The lowest BCUT2D eigenvalue weighted by molar-refractivity contribution is -0.115. The normalized spacial score (nSPS) is 11.6. The van der Waals surface area contributed by atoms with Crippen LogP contribution in [0.15, 0.2) is 40.3 Å². The Morgan fingerprint density at radius 2 is 2.11 bits per heavy atom. The van der Waals surface area contributed by atoms with Gasteiger partial charge in [0.2, 0.25) is 11.0 Å². The van der Waals surface area contributed by atoms with Gasteiger partial charge in [0.1, 0.15) is 16.6 Å². The minimum Gasteiger partial charge on any atom is -0.300 e. The third-order valence-electron chi connectivity index (χ3n) is 3.73. The smallest absolute Gasteiger partial charge is 0.270 e. The maximum absolute atomic E-state index is 12.6. The molecule has 10 heteroatoms. The summed E-state index contributed by atoms with van der Waals surface area (Å²) in [6.07, 6.45) is 0.513. The summed E-state index contributed by atoms with van der Waals surface area (Å²) in [5.41, 5.74) is 0.365. The van der Waals surface area contributed by atoms with Crippen LogP contribution in [0.4, 0.5) is 5.13 Å². The third kappa shape index (κ3) is 4.44. The van der Waals surface area contributed by atoms with Gasteiger partial charge in [0.15, 0.2) is 5.16 Å². The molecule has 0 aliphatic rings. The van der Waals surface area contributed by atoms with Gasteiger partial charge in [-0.1, -0.05) is 60.4 Å². The van der Waals surface area contributed by atoms with E-state index in [9.17, 15) is 14.9 Å². The molecule has 2 aromatic heterocycles. The summed E-state index contributed by atoms with van der Waals surface area (Å²) < 4.78 is 0. The van der Waals surface area contributed by atoms with Crippen molar-refractivity contribution in [3.8, 4) is 17.3 Å². The Balaban J connectivity index is 1.88. The highest BCUT2D eigenvalue weighted by atomic mass is 32.2. The van der Waals surface area contributed by atoms with Crippen molar-refractivity contribution in [3.63, 3.8) is 0 Å². The molecule has 142 valence electrons. The largest absolute Gasteiger partial charge is 0.300 e. The number of nitrogens with zero attached hydrogens (tertiary/aromatic N) is 4. The van der Waals surface area contributed by atoms with Crippen molar-refractivity contribution in [1.82, 2.24) is 20.2 Å². The predicted molar refractivity (Wildman–Crippen MR) is 108 cm³/mol. The molecule has 28 heavy (non-hydrogen) atoms. The van der Waals surface area contributed by atoms with Gasteiger partial charge in [0.25, 0.3) is 5.56 Å². The van der Waals surface area contributed by atoms with Crippen molar-refractivity contribution in [3.05, 3.63) is 51.3 Å². The van der Waals surface area contributed by atoms with Crippen LogP contribution < -0.4 is 10.9 Å². The van der Waals surface area contributed by atoms with E-state index in [1.165, 1.54) is 11.3 Å². The van der Waals surface area contributed by atoms with Gasteiger partial charge in [-0.3, -0.25) is 14.9 Å². The van der Waals surface area contributed by atoms with E-state index in [0.717, 1.165) is 16.8 Å². The molecule has 0 fully saturated rings. The summed E-state index contributed by atoms with van der Waals surface area (Å²) in [5, 5.41) is 20.8. The summed E-state index contributed by atoms with van der Waals surface area (Å²) >= 11 is 2.42. The van der Waals surface area contributed by atoms with E-state index < -0.39 is 10.8 Å². The molecular weight excluding hydrogens is 396 g/mol. The maximum Gasteiger partial charge on any atom is 0.270 e. The quantitative estimate of drug-likeness (QED) is 0.471. The van der Waals surface area contributed by atoms with E-state index in [4.69, 9.17) is 0 Å². The van der Waals surface area contributed by atoms with E-state index in [1.54, 1.807) is 31.2 Å². The van der Waals surface area contributed by atoms with Crippen molar-refractivity contribution in [1.29, 1.82) is 5.26 Å². The van der Waals surface area contributed by atoms with Crippen LogP contribution in [0.5, 0.6) is 0 Å². The Bertz CT molecular complexity index is 1090. The fraction of sp³-hybridized carbons (Fsp3) is 0.222. The molecule has 3 rings (SSSR count). The Kier molecular flexibility index (Phi) is 6.18. The lowest BCUT2D eigenvalue weighted by atomic mass is 10.1. The number of H-pyrrole nitrogens is 1. The van der Waals surface area contributed by atoms with Crippen molar-refractivity contribution in [2.24, 2.45) is 0 Å². The number of amides is 1. The number of benzene rings is 1. The van der Waals surface area contributed by atoms with E-state index in [1.807, 2.05) is 19.1 Å². The first-order valence-electron chi connectivity index (χ1n) is 8.39. The van der Waals surface area contributed by atoms with Gasteiger partial charge >= 0.3 is 0 Å². The van der Waals surface area contributed by atoms with E-state index >= 15 is 0 Å². The molecule has 3 aromatic rings. The van der Waals surface area contributed by atoms with Crippen molar-refractivity contribution < 1.29 is 4.79 Å². The molecule has 0 aliphatic carbocycles. The monoisotopic (exact) mass is 412 g/mol. The number of aryl methyl sites for hydroxylation is 1. The molecule has 1 atom stereocenters. The number of hydrogen-bond donors (Lipinski definition) is 2. The average molecular weight is 413 g/mol. The molecule has 0 spiro atoms. The lowest BCUT2D eigenvalue weighted by Gasteiger charge is -2.13. The first-order valence-corrected chi connectivity index (χ1v) is 10.1. The molecule has 0 unspecified atom stereocenters. The highest BCUT2D eigenvalue weighted by molar-refractivity contribution is 8.00. The van der Waals surface area contributed by atoms with Gasteiger partial charge in [0, 0.05) is 5.56 Å². The molecule has 2 heterocycles. The molecule has 0 saturated carbocycles. The number of thioether (sulfide) groups is 1. The fourth-order valence-corrected chi connectivity index (χ4v) is 3.90. The zero-order valence-electron chi connectivity index (χ0n) is 15.1. The van der Waals surface area contributed by atoms with Gasteiger partial charge < -0.3 is 4.98 Å². The van der Waals surface area contributed by atoms with Crippen LogP contribution in [0.3, 0.4) is 0 Å². The molecular formula is C18H16N6O2S2. The van der Waals surface area contributed by atoms with Crippen LogP contribution in [0, 0.1) is 18.3 Å². The zero-order chi connectivity index (χ0) is 20.1. The van der Waals surface area contributed by atoms with Gasteiger partial charge in [0.05, 0.1) is 10.9 Å². The zero-order valence-corrected chi connectivity index (χ0v) is 16.7. The first kappa shape index (κ1) is 19.7. The summed E-state index contributed by atoms with van der Waals surface area (Å²) in [5.74, 6) is -0.253. The standard InChI is InChI=1S/C18H16N6O2S2/c1-3-13(16(26)22-18-24-23-10(2)27-18)28-17-20-14(11-7-5-4-6-8-11)12(9-19)15(25)21-17/h4-8,13H,3H2,1-2H3,(H,20,21,25)(H,22,24,26)/t13-/m0/s1. The van der Waals surface area contributed by atoms with E-state index in [-0.39, 0.29) is 16.6 Å². The Hall–Kier alpha value is -3.03. The first-order chi connectivity index (χ1) is 13.5. The van der Waals surface area contributed by atoms with Gasteiger partial charge in [-0.15, -0.1) is 10.2 Å².